The molecule has 0 aromatic carbocycles. The first-order valence-electron chi connectivity index (χ1n) is 8.08. The number of nitrogens with one attached hydrogen (secondary N) is 2. The summed E-state index contributed by atoms with van der Waals surface area (Å²) in [6, 6.07) is 7.90. The van der Waals surface area contributed by atoms with Gasteiger partial charge in [-0.05, 0) is 55.4 Å². The summed E-state index contributed by atoms with van der Waals surface area (Å²) in [6.07, 6.45) is 3.96. The highest BCUT2D eigenvalue weighted by Crippen LogP contribution is 2.18. The predicted molar refractivity (Wildman–Crippen MR) is 91.3 cm³/mol. The minimum atomic E-state index is -0.0728. The van der Waals surface area contributed by atoms with Crippen molar-refractivity contribution in [1.82, 2.24) is 15.5 Å². The second-order valence-electron chi connectivity index (χ2n) is 5.94. The maximum absolute atomic E-state index is 11.8. The molecule has 23 heavy (non-hydrogen) atoms. The van der Waals surface area contributed by atoms with Gasteiger partial charge >= 0.3 is 6.03 Å². The van der Waals surface area contributed by atoms with E-state index in [1.165, 1.54) is 4.88 Å². The Morgan fingerprint density at radius 2 is 2.13 bits per heavy atom. The van der Waals surface area contributed by atoms with Gasteiger partial charge in [-0.15, -0.1) is 11.3 Å². The maximum atomic E-state index is 11.8. The Hall–Kier alpha value is -1.79. The minimum Gasteiger partial charge on any atom is -0.468 e. The fourth-order valence-corrected chi connectivity index (χ4v) is 3.50. The van der Waals surface area contributed by atoms with Crippen LogP contribution in [0.25, 0.3) is 0 Å². The van der Waals surface area contributed by atoms with Crippen LogP contribution in [0.1, 0.15) is 23.5 Å². The van der Waals surface area contributed by atoms with Crippen molar-refractivity contribution in [2.24, 2.45) is 5.92 Å². The normalized spacial score (nSPS) is 16.3. The molecule has 2 amide bonds. The van der Waals surface area contributed by atoms with Gasteiger partial charge in [0.15, 0.2) is 0 Å². The second-order valence-corrected chi connectivity index (χ2v) is 6.97. The lowest BCUT2D eigenvalue weighted by Crippen LogP contribution is -2.41. The summed E-state index contributed by atoms with van der Waals surface area (Å²) >= 11 is 1.66. The van der Waals surface area contributed by atoms with Gasteiger partial charge in [0.1, 0.15) is 5.76 Å². The molecule has 1 aliphatic rings. The molecule has 124 valence electrons. The van der Waals surface area contributed by atoms with E-state index in [1.54, 1.807) is 17.6 Å². The molecule has 1 fully saturated rings. The molecule has 0 unspecified atom stereocenters. The van der Waals surface area contributed by atoms with Crippen LogP contribution in [0.15, 0.2) is 40.3 Å². The summed E-state index contributed by atoms with van der Waals surface area (Å²) in [5.74, 6) is 1.59. The van der Waals surface area contributed by atoms with Crippen LogP contribution in [-0.4, -0.2) is 30.6 Å². The summed E-state index contributed by atoms with van der Waals surface area (Å²) < 4.78 is 5.39. The van der Waals surface area contributed by atoms with Crippen LogP contribution in [0.4, 0.5) is 4.79 Å². The van der Waals surface area contributed by atoms with Crippen molar-refractivity contribution in [1.29, 1.82) is 0 Å². The lowest BCUT2D eigenvalue weighted by molar-refractivity contribution is 0.165. The topological polar surface area (TPSA) is 57.5 Å². The van der Waals surface area contributed by atoms with E-state index in [0.29, 0.717) is 12.5 Å². The van der Waals surface area contributed by atoms with E-state index in [1.807, 2.05) is 29.6 Å². The number of urea groups is 1. The molecule has 5 nitrogen and oxygen atoms in total. The average molecular weight is 333 g/mol. The Morgan fingerprint density at radius 1 is 1.26 bits per heavy atom. The molecule has 1 aliphatic heterocycles. The van der Waals surface area contributed by atoms with E-state index in [9.17, 15) is 4.79 Å². The lowest BCUT2D eigenvalue weighted by atomic mass is 9.97. The van der Waals surface area contributed by atoms with E-state index in [0.717, 1.165) is 44.8 Å². The first kappa shape index (κ1) is 16.1. The third-order valence-corrected chi connectivity index (χ3v) is 5.10. The molecule has 0 spiro atoms. The van der Waals surface area contributed by atoms with Crippen molar-refractivity contribution in [2.75, 3.05) is 19.6 Å². The molecule has 0 bridgehead atoms. The molecule has 0 radical (unpaired) electrons. The van der Waals surface area contributed by atoms with Crippen molar-refractivity contribution in [2.45, 2.75) is 25.9 Å². The quantitative estimate of drug-likeness (QED) is 0.854. The molecular weight excluding hydrogens is 310 g/mol. The summed E-state index contributed by atoms with van der Waals surface area (Å²) in [6.45, 7) is 4.36. The fraction of sp³-hybridized carbons (Fsp3) is 0.471. The van der Waals surface area contributed by atoms with Crippen LogP contribution >= 0.6 is 11.3 Å². The van der Waals surface area contributed by atoms with Crippen LogP contribution in [0.5, 0.6) is 0 Å². The SMILES string of the molecule is O=C(NCc1cccs1)NCC1CCN(Cc2ccco2)CC1. The number of thiophene rings is 1. The van der Waals surface area contributed by atoms with Gasteiger partial charge in [-0.1, -0.05) is 6.07 Å². The Morgan fingerprint density at radius 3 is 2.83 bits per heavy atom. The third-order valence-electron chi connectivity index (χ3n) is 4.22. The molecule has 6 heteroatoms. The summed E-state index contributed by atoms with van der Waals surface area (Å²) in [5, 5.41) is 7.91. The molecule has 3 heterocycles. The first-order chi connectivity index (χ1) is 11.3. The number of nitrogens with zero attached hydrogens (tertiary/aromatic N) is 1. The molecular formula is C17H23N3O2S. The van der Waals surface area contributed by atoms with E-state index >= 15 is 0 Å². The summed E-state index contributed by atoms with van der Waals surface area (Å²) in [7, 11) is 0. The Bertz CT molecular complexity index is 575. The van der Waals surface area contributed by atoms with Crippen LogP contribution in [0.2, 0.25) is 0 Å². The number of hydrogen-bond donors (Lipinski definition) is 2. The number of amides is 2. The second kappa shape index (κ2) is 8.17. The van der Waals surface area contributed by atoms with Crippen molar-refractivity contribution in [3.05, 3.63) is 46.5 Å². The molecule has 2 aromatic heterocycles. The van der Waals surface area contributed by atoms with Gasteiger partial charge in [0.05, 0.1) is 19.4 Å². The molecule has 0 atom stereocenters. The Kier molecular flexibility index (Phi) is 5.71. The maximum Gasteiger partial charge on any atom is 0.315 e. The molecule has 2 aromatic rings. The zero-order chi connectivity index (χ0) is 15.9. The molecule has 1 saturated heterocycles. The van der Waals surface area contributed by atoms with Gasteiger partial charge in [-0.3, -0.25) is 4.90 Å². The summed E-state index contributed by atoms with van der Waals surface area (Å²) in [4.78, 5) is 15.4. The minimum absolute atomic E-state index is 0.0728. The van der Waals surface area contributed by atoms with Crippen LogP contribution < -0.4 is 10.6 Å². The molecule has 0 aliphatic carbocycles. The van der Waals surface area contributed by atoms with Crippen LogP contribution in [-0.2, 0) is 13.1 Å². The van der Waals surface area contributed by atoms with Gasteiger partial charge in [0.25, 0.3) is 0 Å². The van der Waals surface area contributed by atoms with Crippen molar-refractivity contribution >= 4 is 17.4 Å². The predicted octanol–water partition coefficient (Wildman–Crippen LogP) is 3.05. The van der Waals surface area contributed by atoms with Crippen LogP contribution in [0, 0.1) is 5.92 Å². The number of piperidine rings is 1. The van der Waals surface area contributed by atoms with E-state index < -0.39 is 0 Å². The molecule has 3 rings (SSSR count). The highest BCUT2D eigenvalue weighted by Gasteiger charge is 2.20. The van der Waals surface area contributed by atoms with Gasteiger partial charge in [0.2, 0.25) is 0 Å². The number of carbonyl (C=O) groups is 1. The number of carbonyl (C=O) groups excluding carboxylic acids is 1. The highest BCUT2D eigenvalue weighted by molar-refractivity contribution is 7.09. The standard InChI is InChI=1S/C17H23N3O2S/c21-17(19-12-16-4-2-10-23-16)18-11-14-5-7-20(8-6-14)13-15-3-1-9-22-15/h1-4,9-10,14H,5-8,11-13H2,(H2,18,19,21). The zero-order valence-electron chi connectivity index (χ0n) is 13.2. The van der Waals surface area contributed by atoms with Gasteiger partial charge < -0.3 is 15.1 Å². The molecule has 2 N–H and O–H groups in total. The largest absolute Gasteiger partial charge is 0.468 e. The smallest absolute Gasteiger partial charge is 0.315 e. The highest BCUT2D eigenvalue weighted by atomic mass is 32.1. The number of furan rings is 1. The average Bonchev–Trinajstić information content (AvgIpc) is 3.26. The monoisotopic (exact) mass is 333 g/mol. The van der Waals surface area contributed by atoms with Gasteiger partial charge in [0, 0.05) is 11.4 Å². The van der Waals surface area contributed by atoms with E-state index in [4.69, 9.17) is 4.42 Å². The van der Waals surface area contributed by atoms with Crippen molar-refractivity contribution in [3.8, 4) is 0 Å². The van der Waals surface area contributed by atoms with E-state index in [-0.39, 0.29) is 6.03 Å². The van der Waals surface area contributed by atoms with Crippen LogP contribution in [0.3, 0.4) is 0 Å². The van der Waals surface area contributed by atoms with Crippen molar-refractivity contribution in [3.63, 3.8) is 0 Å². The Balaban J connectivity index is 1.30. The number of likely N-dealkylation sites (tertiary alicyclic amines) is 1. The summed E-state index contributed by atoms with van der Waals surface area (Å²) in [5.41, 5.74) is 0. The molecule has 0 saturated carbocycles. The third kappa shape index (κ3) is 5.11. The number of hydrogen-bond acceptors (Lipinski definition) is 4. The Labute approximate surface area is 140 Å². The first-order valence-corrected chi connectivity index (χ1v) is 8.96. The van der Waals surface area contributed by atoms with E-state index in [2.05, 4.69) is 15.5 Å². The zero-order valence-corrected chi connectivity index (χ0v) is 14.0. The van der Waals surface area contributed by atoms with Crippen molar-refractivity contribution < 1.29 is 9.21 Å². The van der Waals surface area contributed by atoms with Gasteiger partial charge in [-0.2, -0.15) is 0 Å². The number of rotatable bonds is 6. The lowest BCUT2D eigenvalue weighted by Gasteiger charge is -2.31. The van der Waals surface area contributed by atoms with Gasteiger partial charge in [-0.25, -0.2) is 4.79 Å². The fourth-order valence-electron chi connectivity index (χ4n) is 2.85.